The first kappa shape index (κ1) is 23.7. The van der Waals surface area contributed by atoms with Crippen LogP contribution in [0.4, 0.5) is 14.5 Å². The van der Waals surface area contributed by atoms with Crippen molar-refractivity contribution in [2.45, 2.75) is 38.6 Å². The van der Waals surface area contributed by atoms with Crippen LogP contribution in [0.15, 0.2) is 48.7 Å². The van der Waals surface area contributed by atoms with Gasteiger partial charge in [-0.1, -0.05) is 41.9 Å². The number of fused-ring (bicyclic) bond motifs is 1. The molecule has 1 aliphatic heterocycles. The predicted molar refractivity (Wildman–Crippen MR) is 125 cm³/mol. The van der Waals surface area contributed by atoms with Crippen molar-refractivity contribution in [3.63, 3.8) is 0 Å². The number of likely N-dealkylation sites (tertiary alicyclic amines) is 1. The molecule has 1 saturated heterocycles. The maximum Gasteiger partial charge on any atom is 0.243 e. The van der Waals surface area contributed by atoms with Gasteiger partial charge in [-0.3, -0.25) is 14.4 Å². The largest absolute Gasteiger partial charge is 0.350 e. The van der Waals surface area contributed by atoms with Crippen molar-refractivity contribution >= 4 is 45.9 Å². The van der Waals surface area contributed by atoms with Gasteiger partial charge in [-0.05, 0) is 12.1 Å². The molecule has 1 fully saturated rings. The zero-order chi connectivity index (χ0) is 24.4. The molecule has 1 aromatic heterocycles. The molecule has 3 amide bonds. The van der Waals surface area contributed by atoms with Crippen molar-refractivity contribution in [3.05, 3.63) is 65.1 Å². The highest BCUT2D eigenvalue weighted by atomic mass is 35.5. The molecule has 7 nitrogen and oxygen atoms in total. The van der Waals surface area contributed by atoms with Crippen molar-refractivity contribution in [2.75, 3.05) is 11.9 Å². The third-order valence-corrected chi connectivity index (χ3v) is 6.05. The summed E-state index contributed by atoms with van der Waals surface area (Å²) in [6.45, 7) is 0.907. The molecule has 2 atom stereocenters. The number of hydrogen-bond donors (Lipinski definition) is 2. The summed E-state index contributed by atoms with van der Waals surface area (Å²) in [5, 5.41) is 6.01. The molecule has 0 radical (unpaired) electrons. The summed E-state index contributed by atoms with van der Waals surface area (Å²) in [6.07, 6.45) is 0.155. The first-order chi connectivity index (χ1) is 16.2. The number of carbonyl (C=O) groups is 3. The summed E-state index contributed by atoms with van der Waals surface area (Å²) in [5.74, 6) is -1.89. The van der Waals surface area contributed by atoms with Crippen LogP contribution in [-0.4, -0.2) is 45.9 Å². The Bertz CT molecular complexity index is 1260. The number of amides is 3. The minimum Gasteiger partial charge on any atom is -0.350 e. The Morgan fingerprint density at radius 2 is 1.91 bits per heavy atom. The molecule has 10 heteroatoms. The van der Waals surface area contributed by atoms with E-state index in [1.807, 2.05) is 12.1 Å². The van der Waals surface area contributed by atoms with Gasteiger partial charge >= 0.3 is 0 Å². The number of hydrogen-bond acceptors (Lipinski definition) is 3. The van der Waals surface area contributed by atoms with Gasteiger partial charge in [-0.2, -0.15) is 0 Å². The van der Waals surface area contributed by atoms with Crippen LogP contribution in [-0.2, 0) is 27.5 Å². The summed E-state index contributed by atoms with van der Waals surface area (Å²) in [7, 11) is 0. The lowest BCUT2D eigenvalue weighted by Crippen LogP contribution is -2.46. The molecule has 0 spiro atoms. The van der Waals surface area contributed by atoms with E-state index in [-0.39, 0.29) is 42.5 Å². The molecular formula is C24H23ClF2N4O3. The van der Waals surface area contributed by atoms with Crippen LogP contribution in [0.3, 0.4) is 0 Å². The Labute approximate surface area is 199 Å². The summed E-state index contributed by atoms with van der Waals surface area (Å²) in [6, 6.07) is 10.7. The van der Waals surface area contributed by atoms with Crippen molar-refractivity contribution in [2.24, 2.45) is 0 Å². The molecule has 2 unspecified atom stereocenters. The number of carbonyl (C=O) groups excluding carboxylic acids is 3. The Morgan fingerprint density at radius 1 is 1.15 bits per heavy atom. The number of aromatic nitrogens is 1. The minimum absolute atomic E-state index is 0.0641. The third-order valence-electron chi connectivity index (χ3n) is 5.76. The molecular weight excluding hydrogens is 466 g/mol. The van der Waals surface area contributed by atoms with E-state index in [9.17, 15) is 23.2 Å². The number of nitrogens with one attached hydrogen (secondary N) is 2. The Morgan fingerprint density at radius 3 is 2.68 bits per heavy atom. The van der Waals surface area contributed by atoms with Gasteiger partial charge in [0.1, 0.15) is 24.6 Å². The van der Waals surface area contributed by atoms with Crippen LogP contribution >= 0.6 is 11.6 Å². The van der Waals surface area contributed by atoms with Crippen LogP contribution < -0.4 is 10.6 Å². The smallest absolute Gasteiger partial charge is 0.243 e. The lowest BCUT2D eigenvalue weighted by Gasteiger charge is -2.24. The highest BCUT2D eigenvalue weighted by Crippen LogP contribution is 2.27. The zero-order valence-electron chi connectivity index (χ0n) is 18.4. The van der Waals surface area contributed by atoms with E-state index < -0.39 is 29.8 Å². The number of alkyl halides is 1. The second kappa shape index (κ2) is 9.80. The summed E-state index contributed by atoms with van der Waals surface area (Å²) < 4.78 is 30.0. The van der Waals surface area contributed by atoms with Gasteiger partial charge < -0.3 is 20.1 Å². The molecule has 2 aromatic carbocycles. The van der Waals surface area contributed by atoms with Gasteiger partial charge in [0.15, 0.2) is 0 Å². The minimum atomic E-state index is -1.35. The quantitative estimate of drug-likeness (QED) is 0.555. The van der Waals surface area contributed by atoms with Gasteiger partial charge in [-0.25, -0.2) is 8.78 Å². The maximum atomic E-state index is 14.3. The number of benzene rings is 2. The van der Waals surface area contributed by atoms with Crippen molar-refractivity contribution in [1.29, 1.82) is 0 Å². The highest BCUT2D eigenvalue weighted by Gasteiger charge is 2.39. The molecule has 3 aromatic rings. The fourth-order valence-corrected chi connectivity index (χ4v) is 4.39. The standard InChI is InChI=1S/C24H23ClF2N4O3/c1-14(32)29-19-12-30(20-8-3-2-6-17(19)20)13-22(33)31-11-16(26)9-21(31)24(34)28-10-15-5-4-7-18(25)23(15)27/h2-8,12,16,21H,9-11,13H2,1H3,(H,28,34)(H,29,32). The average molecular weight is 489 g/mol. The van der Waals surface area contributed by atoms with Gasteiger partial charge in [-0.15, -0.1) is 0 Å². The summed E-state index contributed by atoms with van der Waals surface area (Å²) in [5.41, 5.74) is 1.46. The van der Waals surface area contributed by atoms with E-state index >= 15 is 0 Å². The lowest BCUT2D eigenvalue weighted by molar-refractivity contribution is -0.139. The van der Waals surface area contributed by atoms with E-state index in [4.69, 9.17) is 11.6 Å². The Balaban J connectivity index is 1.49. The van der Waals surface area contributed by atoms with Gasteiger partial charge in [0.25, 0.3) is 0 Å². The van der Waals surface area contributed by atoms with Gasteiger partial charge in [0, 0.05) is 37.0 Å². The topological polar surface area (TPSA) is 83.4 Å². The van der Waals surface area contributed by atoms with E-state index in [0.29, 0.717) is 11.2 Å². The normalized spacial score (nSPS) is 17.7. The first-order valence-corrected chi connectivity index (χ1v) is 11.1. The van der Waals surface area contributed by atoms with Crippen molar-refractivity contribution < 1.29 is 23.2 Å². The second-order valence-electron chi connectivity index (χ2n) is 8.19. The van der Waals surface area contributed by atoms with Crippen LogP contribution in [0.1, 0.15) is 18.9 Å². The lowest BCUT2D eigenvalue weighted by atomic mass is 10.1. The summed E-state index contributed by atoms with van der Waals surface area (Å²) >= 11 is 5.77. The van der Waals surface area contributed by atoms with E-state index in [1.54, 1.807) is 29.0 Å². The number of rotatable bonds is 6. The van der Waals surface area contributed by atoms with Crippen LogP contribution in [0.2, 0.25) is 5.02 Å². The van der Waals surface area contributed by atoms with Gasteiger partial charge in [0.2, 0.25) is 17.7 Å². The van der Waals surface area contributed by atoms with E-state index in [2.05, 4.69) is 10.6 Å². The second-order valence-corrected chi connectivity index (χ2v) is 8.60. The monoisotopic (exact) mass is 488 g/mol. The molecule has 2 N–H and O–H groups in total. The molecule has 2 heterocycles. The maximum absolute atomic E-state index is 14.3. The Kier molecular flexibility index (Phi) is 6.83. The Hall–Kier alpha value is -3.46. The van der Waals surface area contributed by atoms with Crippen LogP contribution in [0.25, 0.3) is 10.9 Å². The molecule has 1 aliphatic rings. The molecule has 34 heavy (non-hydrogen) atoms. The molecule has 0 bridgehead atoms. The SMILES string of the molecule is CC(=O)Nc1cn(CC(=O)N2CC(F)CC2C(=O)NCc2cccc(Cl)c2F)c2ccccc12. The van der Waals surface area contributed by atoms with Crippen molar-refractivity contribution in [1.82, 2.24) is 14.8 Å². The molecule has 178 valence electrons. The van der Waals surface area contributed by atoms with Crippen LogP contribution in [0, 0.1) is 5.82 Å². The van der Waals surface area contributed by atoms with Crippen molar-refractivity contribution in [3.8, 4) is 0 Å². The predicted octanol–water partition coefficient (Wildman–Crippen LogP) is 3.65. The van der Waals surface area contributed by atoms with Crippen LogP contribution in [0.5, 0.6) is 0 Å². The number of para-hydroxylation sites is 1. The first-order valence-electron chi connectivity index (χ1n) is 10.7. The molecule has 0 aliphatic carbocycles. The highest BCUT2D eigenvalue weighted by molar-refractivity contribution is 6.30. The van der Waals surface area contributed by atoms with E-state index in [1.165, 1.54) is 24.0 Å². The van der Waals surface area contributed by atoms with E-state index in [0.717, 1.165) is 5.39 Å². The third kappa shape index (κ3) is 4.89. The van der Waals surface area contributed by atoms with Gasteiger partial charge in [0.05, 0.1) is 22.8 Å². The number of anilines is 1. The molecule has 4 rings (SSSR count). The number of halogens is 3. The average Bonchev–Trinajstić information content (AvgIpc) is 3.35. The number of nitrogens with zero attached hydrogens (tertiary/aromatic N) is 2. The zero-order valence-corrected chi connectivity index (χ0v) is 19.1. The fraction of sp³-hybridized carbons (Fsp3) is 0.292. The molecule has 0 saturated carbocycles. The summed E-state index contributed by atoms with van der Waals surface area (Å²) in [4.78, 5) is 38.7. The fourth-order valence-electron chi connectivity index (χ4n) is 4.20.